The Bertz CT molecular complexity index is 566. The zero-order valence-electron chi connectivity index (χ0n) is 15.4. The van der Waals surface area contributed by atoms with Crippen LogP contribution < -0.4 is 5.32 Å². The minimum atomic E-state index is -0.181. The number of amides is 2. The lowest BCUT2D eigenvalue weighted by Crippen LogP contribution is -2.44. The molecule has 25 heavy (non-hydrogen) atoms. The highest BCUT2D eigenvalue weighted by Crippen LogP contribution is 2.19. The van der Waals surface area contributed by atoms with Gasteiger partial charge in [0.05, 0.1) is 6.04 Å². The fourth-order valence-corrected chi connectivity index (χ4v) is 3.06. The second-order valence-electron chi connectivity index (χ2n) is 6.36. The third-order valence-corrected chi connectivity index (χ3v) is 4.48. The Morgan fingerprint density at radius 3 is 2.72 bits per heavy atom. The average molecular weight is 351 g/mol. The van der Waals surface area contributed by atoms with E-state index in [1.165, 1.54) is 6.33 Å². The molecule has 0 aliphatic carbocycles. The zero-order valence-corrected chi connectivity index (χ0v) is 15.4. The van der Waals surface area contributed by atoms with E-state index in [1.54, 1.807) is 4.90 Å². The highest BCUT2D eigenvalue weighted by molar-refractivity contribution is 5.80. The molecule has 140 valence electrons. The van der Waals surface area contributed by atoms with Crippen LogP contribution in [0.2, 0.25) is 0 Å². The van der Waals surface area contributed by atoms with Crippen molar-refractivity contribution in [3.05, 3.63) is 12.2 Å². The normalized spacial score (nSPS) is 16.7. The Hall–Kier alpha value is -1.96. The minimum absolute atomic E-state index is 0.00161. The van der Waals surface area contributed by atoms with Crippen LogP contribution in [0.4, 0.5) is 0 Å². The molecule has 1 atom stereocenters. The molecule has 1 unspecified atom stereocenters. The fraction of sp³-hybridized carbons (Fsp3) is 0.765. The van der Waals surface area contributed by atoms with Crippen LogP contribution in [-0.4, -0.2) is 57.8 Å². The fourth-order valence-electron chi connectivity index (χ4n) is 3.06. The largest absolute Gasteiger partial charge is 0.372 e. The first-order valence-corrected chi connectivity index (χ1v) is 9.10. The molecule has 1 fully saturated rings. The van der Waals surface area contributed by atoms with Gasteiger partial charge < -0.3 is 15.0 Å². The van der Waals surface area contributed by atoms with Gasteiger partial charge in [0.25, 0.3) is 0 Å². The molecule has 1 aliphatic heterocycles. The van der Waals surface area contributed by atoms with Crippen LogP contribution in [0.5, 0.6) is 0 Å². The molecule has 2 amide bonds. The number of piperidine rings is 1. The lowest BCUT2D eigenvalue weighted by atomic mass is 9.95. The van der Waals surface area contributed by atoms with Crippen molar-refractivity contribution in [1.82, 2.24) is 25.0 Å². The predicted octanol–water partition coefficient (Wildman–Crippen LogP) is 1.14. The summed E-state index contributed by atoms with van der Waals surface area (Å²) in [7, 11) is 0. The first kappa shape index (κ1) is 19.4. The molecule has 8 nitrogen and oxygen atoms in total. The van der Waals surface area contributed by atoms with E-state index < -0.39 is 0 Å². The number of nitrogens with zero attached hydrogens (tertiary/aromatic N) is 4. The lowest BCUT2D eigenvalue weighted by Gasteiger charge is -2.31. The zero-order chi connectivity index (χ0) is 18.2. The molecular weight excluding hydrogens is 322 g/mol. The van der Waals surface area contributed by atoms with Crippen LogP contribution in [0, 0.1) is 5.92 Å². The van der Waals surface area contributed by atoms with Crippen LogP contribution >= 0.6 is 0 Å². The number of aryl methyl sites for hydroxylation is 1. The number of hydrogen-bond acceptors (Lipinski definition) is 5. The summed E-state index contributed by atoms with van der Waals surface area (Å²) in [6.45, 7) is 8.52. The summed E-state index contributed by atoms with van der Waals surface area (Å²) in [5.74, 6) is 0.734. The summed E-state index contributed by atoms with van der Waals surface area (Å²) >= 11 is 0. The van der Waals surface area contributed by atoms with E-state index in [1.807, 2.05) is 18.5 Å². The van der Waals surface area contributed by atoms with E-state index in [2.05, 4.69) is 22.3 Å². The summed E-state index contributed by atoms with van der Waals surface area (Å²) in [6.07, 6.45) is 3.84. The minimum Gasteiger partial charge on any atom is -0.372 e. The smallest absolute Gasteiger partial charge is 0.248 e. The number of likely N-dealkylation sites (tertiary alicyclic amines) is 1. The Morgan fingerprint density at radius 1 is 1.36 bits per heavy atom. The summed E-state index contributed by atoms with van der Waals surface area (Å²) in [4.78, 5) is 30.5. The van der Waals surface area contributed by atoms with Gasteiger partial charge >= 0.3 is 0 Å². The van der Waals surface area contributed by atoms with E-state index >= 15 is 0 Å². The average Bonchev–Trinajstić information content (AvgIpc) is 3.08. The van der Waals surface area contributed by atoms with Crippen molar-refractivity contribution >= 4 is 11.8 Å². The van der Waals surface area contributed by atoms with Crippen molar-refractivity contribution in [3.8, 4) is 0 Å². The van der Waals surface area contributed by atoms with Crippen LogP contribution in [0.15, 0.2) is 6.33 Å². The van der Waals surface area contributed by atoms with E-state index in [0.29, 0.717) is 32.5 Å². The number of aromatic nitrogens is 3. The number of hydrogen-bond donors (Lipinski definition) is 1. The van der Waals surface area contributed by atoms with Crippen molar-refractivity contribution < 1.29 is 14.3 Å². The van der Waals surface area contributed by atoms with Gasteiger partial charge in [0.1, 0.15) is 18.8 Å². The van der Waals surface area contributed by atoms with Gasteiger partial charge in [-0.15, -0.1) is 0 Å². The maximum atomic E-state index is 12.5. The topological polar surface area (TPSA) is 89.4 Å². The third-order valence-electron chi connectivity index (χ3n) is 4.48. The first-order chi connectivity index (χ1) is 12.1. The highest BCUT2D eigenvalue weighted by Gasteiger charge is 2.28. The van der Waals surface area contributed by atoms with Gasteiger partial charge in [-0.1, -0.05) is 6.92 Å². The Labute approximate surface area is 148 Å². The molecule has 1 aromatic rings. The molecule has 2 rings (SSSR count). The molecule has 1 saturated heterocycles. The summed E-state index contributed by atoms with van der Waals surface area (Å²) in [5, 5.41) is 7.24. The van der Waals surface area contributed by atoms with E-state index in [0.717, 1.165) is 18.8 Å². The van der Waals surface area contributed by atoms with Crippen molar-refractivity contribution in [2.24, 2.45) is 5.92 Å². The van der Waals surface area contributed by atoms with Crippen LogP contribution in [0.3, 0.4) is 0 Å². The van der Waals surface area contributed by atoms with Crippen molar-refractivity contribution in [2.45, 2.75) is 52.6 Å². The third kappa shape index (κ3) is 5.26. The standard InChI is InChI=1S/C17H29N5O3/c1-4-8-22-16(18-12-19-22)13(3)20-17(24)14-6-9-21(10-7-14)15(23)11-25-5-2/h12-14H,4-11H2,1-3H3,(H,20,24). The maximum Gasteiger partial charge on any atom is 0.248 e. The van der Waals surface area contributed by atoms with Gasteiger partial charge in [-0.25, -0.2) is 9.67 Å². The summed E-state index contributed by atoms with van der Waals surface area (Å²) in [6, 6.07) is -0.181. The van der Waals surface area contributed by atoms with Crippen LogP contribution in [0.25, 0.3) is 0 Å². The van der Waals surface area contributed by atoms with Gasteiger partial charge in [-0.2, -0.15) is 5.10 Å². The number of carbonyl (C=O) groups is 2. The van der Waals surface area contributed by atoms with Crippen LogP contribution in [0.1, 0.15) is 51.9 Å². The molecule has 0 radical (unpaired) electrons. The molecule has 1 aromatic heterocycles. The molecule has 0 aromatic carbocycles. The molecular formula is C17H29N5O3. The molecule has 0 saturated carbocycles. The molecule has 0 spiro atoms. The van der Waals surface area contributed by atoms with Gasteiger partial charge in [-0.3, -0.25) is 9.59 Å². The number of ether oxygens (including phenoxy) is 1. The first-order valence-electron chi connectivity index (χ1n) is 9.10. The molecule has 0 bridgehead atoms. The monoisotopic (exact) mass is 351 g/mol. The number of rotatable bonds is 8. The Morgan fingerprint density at radius 2 is 2.08 bits per heavy atom. The predicted molar refractivity (Wildman–Crippen MR) is 92.7 cm³/mol. The molecule has 2 heterocycles. The SMILES string of the molecule is CCCn1ncnc1C(C)NC(=O)C1CCN(C(=O)COCC)CC1. The van der Waals surface area contributed by atoms with Crippen LogP contribution in [-0.2, 0) is 20.9 Å². The van der Waals surface area contributed by atoms with Crippen molar-refractivity contribution in [2.75, 3.05) is 26.3 Å². The van der Waals surface area contributed by atoms with Gasteiger partial charge in [0.15, 0.2) is 0 Å². The Balaban J connectivity index is 1.82. The summed E-state index contributed by atoms with van der Waals surface area (Å²) in [5.41, 5.74) is 0. The number of nitrogens with one attached hydrogen (secondary N) is 1. The Kier molecular flexibility index (Phi) is 7.36. The van der Waals surface area contributed by atoms with E-state index in [-0.39, 0.29) is 30.4 Å². The number of carbonyl (C=O) groups excluding carboxylic acids is 2. The summed E-state index contributed by atoms with van der Waals surface area (Å²) < 4.78 is 7.00. The maximum absolute atomic E-state index is 12.5. The van der Waals surface area contributed by atoms with Gasteiger partial charge in [0.2, 0.25) is 11.8 Å². The quantitative estimate of drug-likeness (QED) is 0.759. The molecule has 1 N–H and O–H groups in total. The second-order valence-corrected chi connectivity index (χ2v) is 6.36. The highest BCUT2D eigenvalue weighted by atomic mass is 16.5. The second kappa shape index (κ2) is 9.50. The van der Waals surface area contributed by atoms with E-state index in [4.69, 9.17) is 4.74 Å². The molecule has 1 aliphatic rings. The lowest BCUT2D eigenvalue weighted by molar-refractivity contribution is -0.139. The van der Waals surface area contributed by atoms with Crippen molar-refractivity contribution in [1.29, 1.82) is 0 Å². The van der Waals surface area contributed by atoms with E-state index in [9.17, 15) is 9.59 Å². The molecule has 8 heteroatoms. The van der Waals surface area contributed by atoms with Gasteiger partial charge in [-0.05, 0) is 33.1 Å². The van der Waals surface area contributed by atoms with Gasteiger partial charge in [0, 0.05) is 32.2 Å². The van der Waals surface area contributed by atoms with Crippen molar-refractivity contribution in [3.63, 3.8) is 0 Å².